The van der Waals surface area contributed by atoms with Gasteiger partial charge in [-0.3, -0.25) is 0 Å². The van der Waals surface area contributed by atoms with Gasteiger partial charge in [-0.1, -0.05) is 0 Å². The second-order valence-corrected chi connectivity index (χ2v) is 3.38. The van der Waals surface area contributed by atoms with Crippen LogP contribution >= 0.6 is 0 Å². The Morgan fingerprint density at radius 2 is 2.27 bits per heavy atom. The summed E-state index contributed by atoms with van der Waals surface area (Å²) in [6.45, 7) is -0.0603. The Bertz CT molecular complexity index is 190. The van der Waals surface area contributed by atoms with E-state index >= 15 is 0 Å². The molecule has 1 atom stereocenters. The lowest BCUT2D eigenvalue weighted by atomic mass is 10.4. The molecule has 0 fully saturated rings. The third kappa shape index (κ3) is 7.69. The Morgan fingerprint density at radius 1 is 1.73 bits per heavy atom. The summed E-state index contributed by atoms with van der Waals surface area (Å²) in [5.41, 5.74) is 0. The van der Waals surface area contributed by atoms with Crippen molar-refractivity contribution in [3.8, 4) is 0 Å². The maximum Gasteiger partial charge on any atom is 0.274 e. The summed E-state index contributed by atoms with van der Waals surface area (Å²) < 4.78 is 27.0. The topological polar surface area (TPSA) is 102 Å². The highest BCUT2D eigenvalue weighted by atomic mass is 32.2. The summed E-state index contributed by atoms with van der Waals surface area (Å²) in [7, 11) is -2.30. The zero-order chi connectivity index (χ0) is 8.91. The molecule has 0 saturated carbocycles. The third-order valence-corrected chi connectivity index (χ3v) is 1.45. The minimum absolute atomic E-state index is 0.0719. The van der Waals surface area contributed by atoms with E-state index in [4.69, 9.17) is 5.11 Å². The molecule has 4 N–H and O–H groups in total. The van der Waals surface area contributed by atoms with E-state index in [1.54, 1.807) is 0 Å². The van der Waals surface area contributed by atoms with Crippen LogP contribution in [0.4, 0.5) is 0 Å². The number of ether oxygens (including phenoxy) is 1. The van der Waals surface area contributed by atoms with Gasteiger partial charge in [0.25, 0.3) is 10.2 Å². The molecule has 0 bridgehead atoms. The van der Waals surface area contributed by atoms with E-state index in [-0.39, 0.29) is 13.2 Å². The molecule has 0 heterocycles. The first-order chi connectivity index (χ1) is 4.95. The molecule has 0 aromatic heterocycles. The molecule has 0 aromatic carbocycles. The van der Waals surface area contributed by atoms with Gasteiger partial charge in [0, 0.05) is 13.7 Å². The summed E-state index contributed by atoms with van der Waals surface area (Å²) >= 11 is 0. The van der Waals surface area contributed by atoms with Crippen LogP contribution < -0.4 is 9.86 Å². The van der Waals surface area contributed by atoms with Gasteiger partial charge in [0.1, 0.15) is 0 Å². The van der Waals surface area contributed by atoms with Gasteiger partial charge in [-0.05, 0) is 0 Å². The molecule has 0 amide bonds. The van der Waals surface area contributed by atoms with Crippen LogP contribution in [-0.2, 0) is 14.9 Å². The molecule has 0 radical (unpaired) electrons. The first-order valence-electron chi connectivity index (χ1n) is 2.90. The highest BCUT2D eigenvalue weighted by molar-refractivity contribution is 7.87. The van der Waals surface area contributed by atoms with Crippen LogP contribution in [0, 0.1) is 0 Å². The minimum Gasteiger partial charge on any atom is -0.389 e. The molecule has 0 aliphatic rings. The SMILES string of the molecule is COCC(O)CNS(N)(=O)=O. The summed E-state index contributed by atoms with van der Waals surface area (Å²) in [5, 5.41) is 13.5. The monoisotopic (exact) mass is 184 g/mol. The van der Waals surface area contributed by atoms with Gasteiger partial charge in [-0.25, -0.2) is 5.14 Å². The van der Waals surface area contributed by atoms with Crippen LogP contribution in [0.2, 0.25) is 0 Å². The van der Waals surface area contributed by atoms with Gasteiger partial charge in [0.15, 0.2) is 0 Å². The molecular weight excluding hydrogens is 172 g/mol. The molecule has 7 heteroatoms. The highest BCUT2D eigenvalue weighted by Crippen LogP contribution is 1.81. The van der Waals surface area contributed by atoms with Crippen molar-refractivity contribution in [2.75, 3.05) is 20.3 Å². The Morgan fingerprint density at radius 3 is 2.64 bits per heavy atom. The van der Waals surface area contributed by atoms with Crippen molar-refractivity contribution in [1.29, 1.82) is 0 Å². The van der Waals surface area contributed by atoms with Gasteiger partial charge in [-0.15, -0.1) is 0 Å². The van der Waals surface area contributed by atoms with Gasteiger partial charge in [-0.2, -0.15) is 13.1 Å². The Balaban J connectivity index is 3.54. The Labute approximate surface area is 65.5 Å². The van der Waals surface area contributed by atoms with E-state index in [0.717, 1.165) is 0 Å². The lowest BCUT2D eigenvalue weighted by Gasteiger charge is -2.08. The van der Waals surface area contributed by atoms with E-state index < -0.39 is 16.3 Å². The fraction of sp³-hybridized carbons (Fsp3) is 1.00. The molecule has 0 aliphatic carbocycles. The quantitative estimate of drug-likeness (QED) is 0.450. The number of hydrogen-bond acceptors (Lipinski definition) is 4. The molecule has 6 nitrogen and oxygen atoms in total. The molecule has 11 heavy (non-hydrogen) atoms. The van der Waals surface area contributed by atoms with Crippen LogP contribution in [0.5, 0.6) is 0 Å². The van der Waals surface area contributed by atoms with E-state index in [2.05, 4.69) is 9.88 Å². The zero-order valence-electron chi connectivity index (χ0n) is 6.15. The summed E-state index contributed by atoms with van der Waals surface area (Å²) in [6, 6.07) is 0. The van der Waals surface area contributed by atoms with Gasteiger partial charge < -0.3 is 9.84 Å². The van der Waals surface area contributed by atoms with Crippen LogP contribution in [0.3, 0.4) is 0 Å². The maximum absolute atomic E-state index is 10.3. The maximum atomic E-state index is 10.3. The van der Waals surface area contributed by atoms with Crippen molar-refractivity contribution in [3.63, 3.8) is 0 Å². The number of nitrogens with two attached hydrogens (primary N) is 1. The number of aliphatic hydroxyl groups excluding tert-OH is 1. The number of aliphatic hydroxyl groups is 1. The summed E-state index contributed by atoms with van der Waals surface area (Å²) in [4.78, 5) is 0. The molecule has 0 spiro atoms. The first kappa shape index (κ1) is 10.8. The van der Waals surface area contributed by atoms with E-state index in [1.807, 2.05) is 4.72 Å². The lowest BCUT2D eigenvalue weighted by molar-refractivity contribution is 0.0679. The van der Waals surface area contributed by atoms with Crippen molar-refractivity contribution < 1.29 is 18.3 Å². The summed E-state index contributed by atoms with van der Waals surface area (Å²) in [5.74, 6) is 0. The standard InChI is InChI=1S/C4H12N2O4S/c1-10-3-4(7)2-6-11(5,8)9/h4,6-7H,2-3H2,1H3,(H2,5,8,9). The predicted molar refractivity (Wildman–Crippen MR) is 39.0 cm³/mol. The number of rotatable bonds is 5. The van der Waals surface area contributed by atoms with Crippen molar-refractivity contribution >= 4 is 10.2 Å². The van der Waals surface area contributed by atoms with E-state index in [1.165, 1.54) is 7.11 Å². The van der Waals surface area contributed by atoms with Crippen molar-refractivity contribution in [2.24, 2.45) is 5.14 Å². The zero-order valence-corrected chi connectivity index (χ0v) is 6.97. The summed E-state index contributed by atoms with van der Waals surface area (Å²) in [6.07, 6.45) is -0.863. The van der Waals surface area contributed by atoms with Gasteiger partial charge in [0.2, 0.25) is 0 Å². The molecule has 68 valence electrons. The lowest BCUT2D eigenvalue weighted by Crippen LogP contribution is -2.38. The normalized spacial score (nSPS) is 14.8. The smallest absolute Gasteiger partial charge is 0.274 e. The number of hydrogen-bond donors (Lipinski definition) is 3. The average molecular weight is 184 g/mol. The molecule has 0 aromatic rings. The van der Waals surface area contributed by atoms with Crippen molar-refractivity contribution in [2.45, 2.75) is 6.10 Å². The van der Waals surface area contributed by atoms with Crippen LogP contribution in [0.1, 0.15) is 0 Å². The number of nitrogens with one attached hydrogen (secondary N) is 1. The fourth-order valence-corrected chi connectivity index (χ4v) is 0.888. The third-order valence-electron chi connectivity index (χ3n) is 0.879. The molecule has 0 saturated heterocycles. The van der Waals surface area contributed by atoms with Gasteiger partial charge >= 0.3 is 0 Å². The van der Waals surface area contributed by atoms with Crippen LogP contribution in [-0.4, -0.2) is 39.9 Å². The highest BCUT2D eigenvalue weighted by Gasteiger charge is 2.06. The second-order valence-electron chi connectivity index (χ2n) is 2.00. The Hall–Kier alpha value is -0.210. The van der Waals surface area contributed by atoms with Crippen molar-refractivity contribution in [1.82, 2.24) is 4.72 Å². The predicted octanol–water partition coefficient (Wildman–Crippen LogP) is -2.21. The minimum atomic E-state index is -3.70. The van der Waals surface area contributed by atoms with Crippen molar-refractivity contribution in [3.05, 3.63) is 0 Å². The first-order valence-corrected chi connectivity index (χ1v) is 4.44. The molecular formula is C4H12N2O4S. The molecule has 0 rings (SSSR count). The average Bonchev–Trinajstić information content (AvgIpc) is 1.83. The van der Waals surface area contributed by atoms with E-state index in [9.17, 15) is 8.42 Å². The van der Waals surface area contributed by atoms with Gasteiger partial charge in [0.05, 0.1) is 12.7 Å². The van der Waals surface area contributed by atoms with Crippen LogP contribution in [0.25, 0.3) is 0 Å². The molecule has 1 unspecified atom stereocenters. The molecule has 0 aliphatic heterocycles. The fourth-order valence-electron chi connectivity index (χ4n) is 0.464. The number of methoxy groups -OCH3 is 1. The van der Waals surface area contributed by atoms with E-state index in [0.29, 0.717) is 0 Å². The van der Waals surface area contributed by atoms with Crippen LogP contribution in [0.15, 0.2) is 0 Å². The Kier molecular flexibility index (Phi) is 4.54. The largest absolute Gasteiger partial charge is 0.389 e. The second kappa shape index (κ2) is 4.62.